The number of nitrogens with one attached hydrogen (secondary N) is 3. The van der Waals surface area contributed by atoms with Gasteiger partial charge in [-0.15, -0.1) is 0 Å². The van der Waals surface area contributed by atoms with Crippen LogP contribution in [0.25, 0.3) is 22.3 Å². The van der Waals surface area contributed by atoms with Crippen molar-refractivity contribution in [3.63, 3.8) is 0 Å². The number of aromatic nitrogens is 3. The summed E-state index contributed by atoms with van der Waals surface area (Å²) in [5.41, 5.74) is 4.84. The largest absolute Gasteiger partial charge is 0.490 e. The van der Waals surface area contributed by atoms with E-state index in [0.29, 0.717) is 111 Å². The predicted octanol–water partition coefficient (Wildman–Crippen LogP) is 8.12. The Hall–Kier alpha value is -8.07. The number of carbonyl (C=O) groups excluding carboxylic acids is 8. The number of fused-ring (bicyclic) bond motifs is 4. The van der Waals surface area contributed by atoms with Crippen molar-refractivity contribution in [2.24, 2.45) is 11.8 Å². The molecule has 0 bridgehead atoms. The highest BCUT2D eigenvalue weighted by atomic mass is 19.1. The summed E-state index contributed by atoms with van der Waals surface area (Å²) in [6.07, 6.45) is 10.5. The number of imide groups is 2. The van der Waals surface area contributed by atoms with Crippen LogP contribution in [0.1, 0.15) is 166 Å². The standard InChI is InChI=1S/C66H76FN11O9/c1-36(2)69-59(80)46-32-50(48(67)28-38(46)5)71-58-57-51(68-35-76(57)37(3)4)33-49(70-58)40-14-17-47-53(29-40)77(43-30-42(31-43)73-23-7-6-8-24-73)65(86)66(47)21-26-74(27-22-66)62(83)41-20-25-75(34-41)61(82)39-12-15-44(16-13-39)87-54-11-9-10-45-56(54)64(85)78(63(45)84)52-18-19-55(79)72-60(52)81/h9-11,14,17,28-29,32-33,35-37,39,41-44,52H,6-8,12-13,15-16,18-27,30-31,34H2,1-5H3,(H,69,80)(H,70,71)(H,72,79,81)/t39-,41-,42?,43?,44-,52?/m1/s1. The number of imidazole rings is 1. The van der Waals surface area contributed by atoms with Crippen molar-refractivity contribution in [1.82, 2.24) is 44.8 Å². The number of aryl methyl sites for hydroxylation is 1. The van der Waals surface area contributed by atoms with Crippen LogP contribution in [0.15, 0.2) is 60.9 Å². The Morgan fingerprint density at radius 2 is 1.53 bits per heavy atom. The van der Waals surface area contributed by atoms with Crippen molar-refractivity contribution in [2.75, 3.05) is 49.5 Å². The fourth-order valence-corrected chi connectivity index (χ4v) is 15.1. The normalized spacial score (nSPS) is 24.7. The molecule has 4 saturated heterocycles. The number of carbonyl (C=O) groups is 8. The third-order valence-electron chi connectivity index (χ3n) is 19.9. The molecule has 456 valence electrons. The zero-order valence-corrected chi connectivity index (χ0v) is 50.2. The molecule has 20 nitrogen and oxygen atoms in total. The second-order valence-corrected chi connectivity index (χ2v) is 26.0. The molecular formula is C66H76FN11O9. The van der Waals surface area contributed by atoms with E-state index in [2.05, 4.69) is 37.9 Å². The molecule has 2 atom stereocenters. The predicted molar refractivity (Wildman–Crippen MR) is 322 cm³/mol. The number of piperidine rings is 3. The average molecular weight is 1190 g/mol. The van der Waals surface area contributed by atoms with E-state index in [4.69, 9.17) is 14.7 Å². The van der Waals surface area contributed by atoms with Crippen molar-refractivity contribution >= 4 is 75.5 Å². The quantitative estimate of drug-likeness (QED) is 0.0948. The van der Waals surface area contributed by atoms with E-state index in [0.717, 1.165) is 47.6 Å². The van der Waals surface area contributed by atoms with Crippen LogP contribution in [-0.2, 0) is 29.4 Å². The van der Waals surface area contributed by atoms with Gasteiger partial charge in [0.05, 0.1) is 51.8 Å². The molecule has 6 fully saturated rings. The van der Waals surface area contributed by atoms with Gasteiger partial charge in [-0.2, -0.15) is 0 Å². The van der Waals surface area contributed by atoms with Crippen LogP contribution in [0, 0.1) is 24.6 Å². The third-order valence-corrected chi connectivity index (χ3v) is 19.9. The highest BCUT2D eigenvalue weighted by molar-refractivity contribution is 6.24. The van der Waals surface area contributed by atoms with Crippen LogP contribution >= 0.6 is 0 Å². The summed E-state index contributed by atoms with van der Waals surface area (Å²) in [7, 11) is 0. The summed E-state index contributed by atoms with van der Waals surface area (Å²) >= 11 is 0. The summed E-state index contributed by atoms with van der Waals surface area (Å²) in [5.74, 6) is -3.10. The fraction of sp³-hybridized carbons (Fsp3) is 0.515. The molecule has 5 aromatic rings. The van der Waals surface area contributed by atoms with E-state index >= 15 is 9.18 Å². The van der Waals surface area contributed by atoms with Crippen LogP contribution in [-0.4, -0.2) is 151 Å². The number of halogens is 1. The molecule has 3 N–H and O–H groups in total. The summed E-state index contributed by atoms with van der Waals surface area (Å²) in [5, 5.41) is 8.42. The van der Waals surface area contributed by atoms with E-state index in [-0.39, 0.29) is 95.1 Å². The van der Waals surface area contributed by atoms with Gasteiger partial charge in [0.15, 0.2) is 5.82 Å². The second kappa shape index (κ2) is 22.9. The maximum atomic E-state index is 16.0. The molecule has 87 heavy (non-hydrogen) atoms. The summed E-state index contributed by atoms with van der Waals surface area (Å²) < 4.78 is 24.3. The van der Waals surface area contributed by atoms with Gasteiger partial charge >= 0.3 is 0 Å². The van der Waals surface area contributed by atoms with Gasteiger partial charge in [-0.05, 0) is 172 Å². The molecule has 2 aliphatic carbocycles. The number of anilines is 3. The minimum absolute atomic E-state index is 0.00392. The zero-order chi connectivity index (χ0) is 60.7. The van der Waals surface area contributed by atoms with Crippen molar-refractivity contribution < 1.29 is 47.5 Å². The van der Waals surface area contributed by atoms with Gasteiger partial charge in [-0.1, -0.05) is 24.6 Å². The molecule has 13 rings (SSSR count). The first-order valence-corrected chi connectivity index (χ1v) is 31.4. The second-order valence-electron chi connectivity index (χ2n) is 26.0. The van der Waals surface area contributed by atoms with Crippen LogP contribution in [0.4, 0.5) is 21.6 Å². The minimum atomic E-state index is -1.09. The third kappa shape index (κ3) is 10.4. The average Bonchev–Trinajstić information content (AvgIpc) is 1.58. The molecule has 2 saturated carbocycles. The monoisotopic (exact) mass is 1190 g/mol. The highest BCUT2D eigenvalue weighted by Crippen LogP contribution is 2.53. The van der Waals surface area contributed by atoms with Gasteiger partial charge < -0.3 is 39.5 Å². The Balaban J connectivity index is 0.691. The van der Waals surface area contributed by atoms with Gasteiger partial charge in [0.2, 0.25) is 29.5 Å². The van der Waals surface area contributed by atoms with Crippen molar-refractivity contribution in [2.45, 2.75) is 166 Å². The molecule has 8 heterocycles. The smallest absolute Gasteiger partial charge is 0.266 e. The lowest BCUT2D eigenvalue weighted by Crippen LogP contribution is -2.58. The maximum absolute atomic E-state index is 16.0. The highest BCUT2D eigenvalue weighted by Gasteiger charge is 2.56. The molecular weight excluding hydrogens is 1110 g/mol. The van der Waals surface area contributed by atoms with E-state index in [1.54, 1.807) is 25.4 Å². The maximum Gasteiger partial charge on any atom is 0.266 e. The number of amides is 8. The summed E-state index contributed by atoms with van der Waals surface area (Å²) in [6.45, 7) is 13.3. The number of pyridine rings is 1. The van der Waals surface area contributed by atoms with Crippen LogP contribution in [0.2, 0.25) is 0 Å². The minimum Gasteiger partial charge on any atom is -0.490 e. The number of benzene rings is 3. The summed E-state index contributed by atoms with van der Waals surface area (Å²) in [6, 6.07) is 15.0. The Kier molecular flexibility index (Phi) is 15.3. The van der Waals surface area contributed by atoms with E-state index in [1.807, 2.05) is 54.2 Å². The molecule has 8 aliphatic rings. The molecule has 6 aliphatic heterocycles. The Labute approximate surface area is 504 Å². The number of hydrogen-bond donors (Lipinski definition) is 3. The molecule has 0 radical (unpaired) electrons. The lowest BCUT2D eigenvalue weighted by Gasteiger charge is -2.48. The molecule has 1 spiro atoms. The Bertz CT molecular complexity index is 3660. The SMILES string of the molecule is Cc1cc(F)c(Nc2nc(-c3ccc4c(c3)N(C3CC(N5CCCCC5)C3)C(=O)C43CCN(C(=O)[C@@H]4CCN(C(=O)[C@H]5CC[C@H](Oc6cccc7c6C(=O)N(C6CCC(=O)NC6=O)C7=O)CC5)C4)CC3)cc3ncn(C(C)C)c23)cc1C(=O)NC(C)C. The zero-order valence-electron chi connectivity index (χ0n) is 50.2. The van der Waals surface area contributed by atoms with Gasteiger partial charge in [-0.25, -0.2) is 14.4 Å². The molecule has 3 aromatic carbocycles. The van der Waals surface area contributed by atoms with Gasteiger partial charge in [0, 0.05) is 79.5 Å². The number of nitrogens with zero attached hydrogens (tertiary/aromatic N) is 8. The van der Waals surface area contributed by atoms with Crippen molar-refractivity contribution in [3.05, 3.63) is 94.6 Å². The fourth-order valence-electron chi connectivity index (χ4n) is 15.1. The lowest BCUT2D eigenvalue weighted by atomic mass is 9.73. The van der Waals surface area contributed by atoms with E-state index in [1.165, 1.54) is 37.5 Å². The molecule has 1 unspecified atom stereocenters. The van der Waals surface area contributed by atoms with Crippen LogP contribution < -0.4 is 25.6 Å². The van der Waals surface area contributed by atoms with Crippen LogP contribution in [0.3, 0.4) is 0 Å². The Morgan fingerprint density at radius 1 is 0.782 bits per heavy atom. The number of ether oxygens (including phenoxy) is 1. The van der Waals surface area contributed by atoms with Gasteiger partial charge in [0.25, 0.3) is 17.7 Å². The van der Waals surface area contributed by atoms with Gasteiger partial charge in [0.1, 0.15) is 23.1 Å². The number of rotatable bonds is 13. The van der Waals surface area contributed by atoms with E-state index in [9.17, 15) is 33.6 Å². The van der Waals surface area contributed by atoms with E-state index < -0.39 is 40.9 Å². The molecule has 2 aromatic heterocycles. The summed E-state index contributed by atoms with van der Waals surface area (Å²) in [4.78, 5) is 128. The van der Waals surface area contributed by atoms with Crippen LogP contribution in [0.5, 0.6) is 5.75 Å². The first-order valence-electron chi connectivity index (χ1n) is 31.4. The topological polar surface area (TPSA) is 229 Å². The van der Waals surface area contributed by atoms with Crippen molar-refractivity contribution in [1.29, 1.82) is 0 Å². The van der Waals surface area contributed by atoms with Crippen molar-refractivity contribution in [3.8, 4) is 17.0 Å². The lowest BCUT2D eigenvalue weighted by molar-refractivity contribution is -0.140. The molecule has 8 amide bonds. The first-order chi connectivity index (χ1) is 41.8. The number of likely N-dealkylation sites (tertiary alicyclic amines) is 3. The first kappa shape index (κ1) is 58.0. The van der Waals surface area contributed by atoms with Gasteiger partial charge in [-0.3, -0.25) is 48.6 Å². The molecule has 21 heteroatoms. The number of hydrogen-bond acceptors (Lipinski definition) is 13. The Morgan fingerprint density at radius 3 is 2.25 bits per heavy atom.